The van der Waals surface area contributed by atoms with Gasteiger partial charge in [0.25, 0.3) is 0 Å². The Bertz CT molecular complexity index is 594. The summed E-state index contributed by atoms with van der Waals surface area (Å²) in [6.07, 6.45) is 2.18. The summed E-state index contributed by atoms with van der Waals surface area (Å²) in [6.45, 7) is 12.4. The lowest BCUT2D eigenvalue weighted by molar-refractivity contribution is 0.282. The molecule has 23 heavy (non-hydrogen) atoms. The molecule has 2 aromatic rings. The van der Waals surface area contributed by atoms with E-state index in [0.29, 0.717) is 5.04 Å². The zero-order valence-corrected chi connectivity index (χ0v) is 16.2. The second kappa shape index (κ2) is 7.46. The average molecular weight is 327 g/mol. The maximum atomic E-state index is 6.25. The van der Waals surface area contributed by atoms with Gasteiger partial charge in [0.2, 0.25) is 0 Å². The van der Waals surface area contributed by atoms with Gasteiger partial charge in [-0.05, 0) is 47.7 Å². The van der Waals surface area contributed by atoms with Crippen LogP contribution in [0.4, 0.5) is 0 Å². The minimum Gasteiger partial charge on any atom is -0.417 e. The molecule has 2 rings (SSSR count). The molecule has 0 aromatic heterocycles. The van der Waals surface area contributed by atoms with Gasteiger partial charge in [-0.3, -0.25) is 0 Å². The van der Waals surface area contributed by atoms with Crippen molar-refractivity contribution in [2.45, 2.75) is 51.7 Å². The van der Waals surface area contributed by atoms with Gasteiger partial charge >= 0.3 is 0 Å². The lowest BCUT2D eigenvalue weighted by atomic mass is 10.0. The maximum Gasteiger partial charge on any atom is 0.191 e. The van der Waals surface area contributed by atoms with E-state index in [2.05, 4.69) is 88.5 Å². The first-order valence-corrected chi connectivity index (χ1v) is 11.5. The zero-order valence-electron chi connectivity index (χ0n) is 15.2. The van der Waals surface area contributed by atoms with Crippen molar-refractivity contribution >= 4 is 8.32 Å². The van der Waals surface area contributed by atoms with Crippen LogP contribution in [-0.2, 0) is 10.8 Å². The predicted molar refractivity (Wildman–Crippen MR) is 103 cm³/mol. The van der Waals surface area contributed by atoms with E-state index in [1.54, 1.807) is 0 Å². The van der Waals surface area contributed by atoms with Gasteiger partial charge in [0, 0.05) is 6.61 Å². The van der Waals surface area contributed by atoms with E-state index in [-0.39, 0.29) is 0 Å². The Hall–Kier alpha value is -1.38. The molecule has 2 aromatic carbocycles. The monoisotopic (exact) mass is 326 g/mol. The van der Waals surface area contributed by atoms with E-state index in [4.69, 9.17) is 4.43 Å². The van der Waals surface area contributed by atoms with E-state index in [0.717, 1.165) is 19.4 Å². The largest absolute Gasteiger partial charge is 0.417 e. The summed E-state index contributed by atoms with van der Waals surface area (Å²) in [6, 6.07) is 19.5. The Labute approximate surface area is 142 Å². The van der Waals surface area contributed by atoms with Crippen LogP contribution < -0.4 is 0 Å². The second-order valence-electron chi connectivity index (χ2n) is 7.78. The molecule has 0 fully saturated rings. The average Bonchev–Trinajstić information content (AvgIpc) is 2.52. The number of hydrogen-bond acceptors (Lipinski definition) is 1. The smallest absolute Gasteiger partial charge is 0.191 e. The van der Waals surface area contributed by atoms with Crippen LogP contribution in [0.15, 0.2) is 54.6 Å². The summed E-state index contributed by atoms with van der Waals surface area (Å²) in [5.41, 5.74) is 3.95. The lowest BCUT2D eigenvalue weighted by Crippen LogP contribution is -2.41. The molecule has 0 saturated carbocycles. The molecule has 2 heteroatoms. The molecule has 0 bridgehead atoms. The van der Waals surface area contributed by atoms with E-state index in [1.807, 2.05) is 0 Å². The fourth-order valence-corrected chi connectivity index (χ4v) is 3.40. The predicted octanol–water partition coefficient (Wildman–Crippen LogP) is 6.31. The van der Waals surface area contributed by atoms with Crippen LogP contribution in [0.3, 0.4) is 0 Å². The topological polar surface area (TPSA) is 9.23 Å². The summed E-state index contributed by atoms with van der Waals surface area (Å²) in [4.78, 5) is 0. The van der Waals surface area contributed by atoms with Crippen LogP contribution in [0.2, 0.25) is 18.1 Å². The Morgan fingerprint density at radius 1 is 0.826 bits per heavy atom. The molecule has 0 saturated heterocycles. The third-order valence-electron chi connectivity index (χ3n) is 4.94. The van der Waals surface area contributed by atoms with Crippen molar-refractivity contribution in [1.29, 1.82) is 0 Å². The molecule has 0 N–H and O–H groups in total. The number of rotatable bonds is 6. The normalized spacial score (nSPS) is 12.4. The molecule has 124 valence electrons. The Morgan fingerprint density at radius 2 is 1.39 bits per heavy atom. The van der Waals surface area contributed by atoms with E-state index < -0.39 is 8.32 Å². The van der Waals surface area contributed by atoms with Gasteiger partial charge in [0.1, 0.15) is 0 Å². The van der Waals surface area contributed by atoms with Gasteiger partial charge < -0.3 is 4.43 Å². The standard InChI is InChI=1S/C21H30OSi/c1-21(2,3)23(4,5)22-17-9-10-18-13-15-20(16-14-18)19-11-7-6-8-12-19/h6-8,11-16H,9-10,17H2,1-5H3. The first-order chi connectivity index (χ1) is 10.8. The first-order valence-electron chi connectivity index (χ1n) is 8.58. The molecule has 0 amide bonds. The van der Waals surface area contributed by atoms with Gasteiger partial charge in [0.05, 0.1) is 0 Å². The molecule has 0 aliphatic carbocycles. The highest BCUT2D eigenvalue weighted by Gasteiger charge is 2.36. The number of aryl methyl sites for hydroxylation is 1. The van der Waals surface area contributed by atoms with E-state index >= 15 is 0 Å². The molecule has 0 aliphatic heterocycles. The molecular formula is C21H30OSi. The Morgan fingerprint density at radius 3 is 1.96 bits per heavy atom. The van der Waals surface area contributed by atoms with Crippen LogP contribution in [0.25, 0.3) is 11.1 Å². The lowest BCUT2D eigenvalue weighted by Gasteiger charge is -2.36. The molecule has 0 radical (unpaired) electrons. The maximum absolute atomic E-state index is 6.25. The van der Waals surface area contributed by atoms with Crippen LogP contribution >= 0.6 is 0 Å². The highest BCUT2D eigenvalue weighted by Crippen LogP contribution is 2.36. The second-order valence-corrected chi connectivity index (χ2v) is 12.6. The third-order valence-corrected chi connectivity index (χ3v) is 9.48. The summed E-state index contributed by atoms with van der Waals surface area (Å²) >= 11 is 0. The fraction of sp³-hybridized carbons (Fsp3) is 0.429. The molecular weight excluding hydrogens is 296 g/mol. The van der Waals surface area contributed by atoms with E-state index in [9.17, 15) is 0 Å². The van der Waals surface area contributed by atoms with Crippen molar-refractivity contribution in [2.75, 3.05) is 6.61 Å². The van der Waals surface area contributed by atoms with E-state index in [1.165, 1.54) is 16.7 Å². The fourth-order valence-electron chi connectivity index (χ4n) is 2.31. The summed E-state index contributed by atoms with van der Waals surface area (Å²) in [5.74, 6) is 0. The molecule has 0 spiro atoms. The Kier molecular flexibility index (Phi) is 5.82. The van der Waals surface area contributed by atoms with Crippen LogP contribution in [-0.4, -0.2) is 14.9 Å². The van der Waals surface area contributed by atoms with Crippen LogP contribution in [0.5, 0.6) is 0 Å². The molecule has 0 aliphatic rings. The summed E-state index contributed by atoms with van der Waals surface area (Å²) in [7, 11) is -1.60. The van der Waals surface area contributed by atoms with Crippen molar-refractivity contribution in [3.63, 3.8) is 0 Å². The molecule has 0 unspecified atom stereocenters. The third kappa shape index (κ3) is 5.05. The van der Waals surface area contributed by atoms with Crippen molar-refractivity contribution in [2.24, 2.45) is 0 Å². The molecule has 0 atom stereocenters. The van der Waals surface area contributed by atoms with Crippen LogP contribution in [0, 0.1) is 0 Å². The Balaban J connectivity index is 1.83. The van der Waals surface area contributed by atoms with Gasteiger partial charge in [-0.25, -0.2) is 0 Å². The number of hydrogen-bond donors (Lipinski definition) is 0. The van der Waals surface area contributed by atoms with Gasteiger partial charge in [-0.15, -0.1) is 0 Å². The highest BCUT2D eigenvalue weighted by molar-refractivity contribution is 6.74. The SMILES string of the molecule is CC(C)(C)[Si](C)(C)OCCCc1ccc(-c2ccccc2)cc1. The van der Waals surface area contributed by atoms with Crippen molar-refractivity contribution in [3.8, 4) is 11.1 Å². The van der Waals surface area contributed by atoms with Crippen LogP contribution in [0.1, 0.15) is 32.8 Å². The minimum atomic E-state index is -1.60. The quantitative estimate of drug-likeness (QED) is 0.446. The number of benzene rings is 2. The molecule has 1 nitrogen and oxygen atoms in total. The van der Waals surface area contributed by atoms with Gasteiger partial charge in [-0.1, -0.05) is 75.4 Å². The van der Waals surface area contributed by atoms with Gasteiger partial charge in [-0.2, -0.15) is 0 Å². The minimum absolute atomic E-state index is 0.296. The van der Waals surface area contributed by atoms with Crippen molar-refractivity contribution < 1.29 is 4.43 Å². The molecule has 0 heterocycles. The first kappa shape index (κ1) is 18.0. The summed E-state index contributed by atoms with van der Waals surface area (Å²) in [5, 5.41) is 0.296. The summed E-state index contributed by atoms with van der Waals surface area (Å²) < 4.78 is 6.25. The van der Waals surface area contributed by atoms with Crippen molar-refractivity contribution in [3.05, 3.63) is 60.2 Å². The highest BCUT2D eigenvalue weighted by atomic mass is 28.4. The van der Waals surface area contributed by atoms with Crippen molar-refractivity contribution in [1.82, 2.24) is 0 Å². The van der Waals surface area contributed by atoms with Gasteiger partial charge in [0.15, 0.2) is 8.32 Å². The zero-order chi connectivity index (χ0) is 16.9.